The molecule has 0 bridgehead atoms. The van der Waals surface area contributed by atoms with Gasteiger partial charge in [0.1, 0.15) is 5.00 Å². The standard InChI is InChI=1S/C10H10N2O4S/c13-7-3-5(4-11-7)8(14)12-9-6(10(15)16)1-2-17-9/h1-2,5H,3-4H2,(H,11,13)(H,12,14)(H,15,16). The Morgan fingerprint density at radius 3 is 2.88 bits per heavy atom. The molecule has 1 aliphatic heterocycles. The molecule has 1 atom stereocenters. The predicted octanol–water partition coefficient (Wildman–Crippen LogP) is 0.521. The SMILES string of the molecule is O=C1CC(C(=O)Nc2sccc2C(=O)O)CN1. The molecule has 3 N–H and O–H groups in total. The maximum Gasteiger partial charge on any atom is 0.338 e. The number of thiophene rings is 1. The first-order chi connectivity index (χ1) is 8.08. The smallest absolute Gasteiger partial charge is 0.338 e. The molecular formula is C10H10N2O4S. The van der Waals surface area contributed by atoms with E-state index < -0.39 is 11.9 Å². The zero-order valence-electron chi connectivity index (χ0n) is 8.73. The fourth-order valence-corrected chi connectivity index (χ4v) is 2.36. The van der Waals surface area contributed by atoms with Crippen LogP contribution in [0.5, 0.6) is 0 Å². The fraction of sp³-hybridized carbons (Fsp3) is 0.300. The average molecular weight is 254 g/mol. The molecular weight excluding hydrogens is 244 g/mol. The van der Waals surface area contributed by atoms with Gasteiger partial charge in [-0.3, -0.25) is 9.59 Å². The van der Waals surface area contributed by atoms with Crippen LogP contribution >= 0.6 is 11.3 Å². The molecule has 1 aliphatic rings. The van der Waals surface area contributed by atoms with Gasteiger partial charge >= 0.3 is 5.97 Å². The molecule has 1 fully saturated rings. The summed E-state index contributed by atoms with van der Waals surface area (Å²) in [6, 6.07) is 1.43. The second-order valence-corrected chi connectivity index (χ2v) is 4.58. The van der Waals surface area contributed by atoms with E-state index in [1.807, 2.05) is 0 Å². The lowest BCUT2D eigenvalue weighted by atomic mass is 10.1. The highest BCUT2D eigenvalue weighted by atomic mass is 32.1. The molecule has 1 aromatic rings. The number of nitrogens with one attached hydrogen (secondary N) is 2. The number of anilines is 1. The summed E-state index contributed by atoms with van der Waals surface area (Å²) in [6.45, 7) is 0.304. The Labute approximate surface area is 101 Å². The van der Waals surface area contributed by atoms with E-state index in [9.17, 15) is 14.4 Å². The van der Waals surface area contributed by atoms with Crippen molar-refractivity contribution in [1.82, 2.24) is 5.32 Å². The fourth-order valence-electron chi connectivity index (χ4n) is 1.58. The molecule has 6 nitrogen and oxygen atoms in total. The van der Waals surface area contributed by atoms with Crippen molar-refractivity contribution in [2.45, 2.75) is 6.42 Å². The molecule has 7 heteroatoms. The van der Waals surface area contributed by atoms with Crippen molar-refractivity contribution >= 4 is 34.1 Å². The van der Waals surface area contributed by atoms with Gasteiger partial charge in [0, 0.05) is 13.0 Å². The van der Waals surface area contributed by atoms with E-state index >= 15 is 0 Å². The number of carbonyl (C=O) groups is 3. The summed E-state index contributed by atoms with van der Waals surface area (Å²) in [7, 11) is 0. The third kappa shape index (κ3) is 2.44. The predicted molar refractivity (Wildman–Crippen MR) is 61.0 cm³/mol. The number of aromatic carboxylic acids is 1. The Morgan fingerprint density at radius 1 is 1.53 bits per heavy atom. The first-order valence-electron chi connectivity index (χ1n) is 4.96. The van der Waals surface area contributed by atoms with E-state index in [2.05, 4.69) is 10.6 Å². The molecule has 0 aliphatic carbocycles. The van der Waals surface area contributed by atoms with Crippen LogP contribution in [0.15, 0.2) is 11.4 Å². The van der Waals surface area contributed by atoms with Crippen LogP contribution in [0.25, 0.3) is 0 Å². The van der Waals surface area contributed by atoms with Gasteiger partial charge in [0.25, 0.3) is 0 Å². The highest BCUT2D eigenvalue weighted by Crippen LogP contribution is 2.24. The van der Waals surface area contributed by atoms with Crippen LogP contribution in [-0.2, 0) is 9.59 Å². The largest absolute Gasteiger partial charge is 0.478 e. The maximum atomic E-state index is 11.7. The number of rotatable bonds is 3. The van der Waals surface area contributed by atoms with Gasteiger partial charge in [0.2, 0.25) is 11.8 Å². The lowest BCUT2D eigenvalue weighted by molar-refractivity contribution is -0.123. The highest BCUT2D eigenvalue weighted by Gasteiger charge is 2.28. The number of hydrogen-bond donors (Lipinski definition) is 3. The lowest BCUT2D eigenvalue weighted by Crippen LogP contribution is -2.24. The number of carboxylic acids is 1. The van der Waals surface area contributed by atoms with E-state index in [0.717, 1.165) is 11.3 Å². The molecule has 90 valence electrons. The van der Waals surface area contributed by atoms with Crippen LogP contribution < -0.4 is 10.6 Å². The lowest BCUT2D eigenvalue weighted by Gasteiger charge is -2.07. The quantitative estimate of drug-likeness (QED) is 0.732. The van der Waals surface area contributed by atoms with Crippen molar-refractivity contribution in [3.05, 3.63) is 17.0 Å². The average Bonchev–Trinajstić information content (AvgIpc) is 2.86. The first kappa shape index (κ1) is 11.6. The van der Waals surface area contributed by atoms with Gasteiger partial charge < -0.3 is 15.7 Å². The number of carboxylic acid groups (broad SMARTS) is 1. The first-order valence-corrected chi connectivity index (χ1v) is 5.84. The van der Waals surface area contributed by atoms with Crippen molar-refractivity contribution in [1.29, 1.82) is 0 Å². The van der Waals surface area contributed by atoms with Gasteiger partial charge in [-0.1, -0.05) is 0 Å². The topological polar surface area (TPSA) is 95.5 Å². The Kier molecular flexibility index (Phi) is 3.10. The third-order valence-corrected chi connectivity index (χ3v) is 3.31. The molecule has 0 spiro atoms. The van der Waals surface area contributed by atoms with Gasteiger partial charge in [-0.05, 0) is 11.4 Å². The van der Waals surface area contributed by atoms with Crippen molar-refractivity contribution in [2.75, 3.05) is 11.9 Å². The van der Waals surface area contributed by atoms with Crippen LogP contribution in [0.4, 0.5) is 5.00 Å². The van der Waals surface area contributed by atoms with Crippen molar-refractivity contribution in [3.8, 4) is 0 Å². The summed E-state index contributed by atoms with van der Waals surface area (Å²) in [4.78, 5) is 33.5. The van der Waals surface area contributed by atoms with Crippen LogP contribution in [0.2, 0.25) is 0 Å². The number of carbonyl (C=O) groups excluding carboxylic acids is 2. The van der Waals surface area contributed by atoms with E-state index in [1.54, 1.807) is 5.38 Å². The Balaban J connectivity index is 2.05. The van der Waals surface area contributed by atoms with E-state index in [4.69, 9.17) is 5.11 Å². The minimum absolute atomic E-state index is 0.0700. The minimum atomic E-state index is -1.08. The zero-order chi connectivity index (χ0) is 12.4. The molecule has 1 saturated heterocycles. The molecule has 1 aromatic heterocycles. The van der Waals surface area contributed by atoms with Crippen LogP contribution in [-0.4, -0.2) is 29.4 Å². The Hall–Kier alpha value is -1.89. The molecule has 2 heterocycles. The zero-order valence-corrected chi connectivity index (χ0v) is 9.54. The summed E-state index contributed by atoms with van der Waals surface area (Å²) in [5, 5.41) is 15.9. The molecule has 0 saturated carbocycles. The normalized spacial score (nSPS) is 18.8. The molecule has 0 radical (unpaired) electrons. The monoisotopic (exact) mass is 254 g/mol. The minimum Gasteiger partial charge on any atom is -0.478 e. The molecule has 17 heavy (non-hydrogen) atoms. The number of hydrogen-bond acceptors (Lipinski definition) is 4. The summed E-state index contributed by atoms with van der Waals surface area (Å²) in [5.74, 6) is -1.99. The van der Waals surface area contributed by atoms with Gasteiger partial charge in [-0.2, -0.15) is 0 Å². The summed E-state index contributed by atoms with van der Waals surface area (Å²) in [5.41, 5.74) is 0.0700. The molecule has 2 amide bonds. The van der Waals surface area contributed by atoms with E-state index in [-0.39, 0.29) is 23.8 Å². The Bertz CT molecular complexity index is 482. The van der Waals surface area contributed by atoms with Gasteiger partial charge in [0.15, 0.2) is 0 Å². The van der Waals surface area contributed by atoms with E-state index in [0.29, 0.717) is 11.5 Å². The number of amides is 2. The summed E-state index contributed by atoms with van der Waals surface area (Å²) in [6.07, 6.45) is 0.152. The molecule has 1 unspecified atom stereocenters. The van der Waals surface area contributed by atoms with Gasteiger partial charge in [0.05, 0.1) is 11.5 Å². The van der Waals surface area contributed by atoms with E-state index in [1.165, 1.54) is 6.07 Å². The van der Waals surface area contributed by atoms with Crippen molar-refractivity contribution < 1.29 is 19.5 Å². The third-order valence-electron chi connectivity index (χ3n) is 2.48. The van der Waals surface area contributed by atoms with Crippen LogP contribution in [0, 0.1) is 5.92 Å². The van der Waals surface area contributed by atoms with Crippen molar-refractivity contribution in [2.24, 2.45) is 5.92 Å². The summed E-state index contributed by atoms with van der Waals surface area (Å²) < 4.78 is 0. The summed E-state index contributed by atoms with van der Waals surface area (Å²) >= 11 is 1.15. The maximum absolute atomic E-state index is 11.7. The molecule has 0 aromatic carbocycles. The highest BCUT2D eigenvalue weighted by molar-refractivity contribution is 7.14. The second kappa shape index (κ2) is 4.54. The second-order valence-electron chi connectivity index (χ2n) is 3.66. The van der Waals surface area contributed by atoms with Gasteiger partial charge in [-0.15, -0.1) is 11.3 Å². The van der Waals surface area contributed by atoms with Crippen molar-refractivity contribution in [3.63, 3.8) is 0 Å². The molecule has 2 rings (SSSR count). The van der Waals surface area contributed by atoms with Gasteiger partial charge in [-0.25, -0.2) is 4.79 Å². The van der Waals surface area contributed by atoms with Crippen LogP contribution in [0.3, 0.4) is 0 Å². The van der Waals surface area contributed by atoms with Crippen LogP contribution in [0.1, 0.15) is 16.8 Å². The Morgan fingerprint density at radius 2 is 2.29 bits per heavy atom.